The van der Waals surface area contributed by atoms with Crippen molar-refractivity contribution < 1.29 is 14.8 Å². The zero-order chi connectivity index (χ0) is 13.8. The van der Waals surface area contributed by atoms with Gasteiger partial charge in [-0.2, -0.15) is 11.3 Å². The van der Waals surface area contributed by atoms with Gasteiger partial charge in [0.1, 0.15) is 5.69 Å². The minimum absolute atomic E-state index is 0.0335. The molecule has 19 heavy (non-hydrogen) atoms. The molecule has 0 saturated heterocycles. The van der Waals surface area contributed by atoms with E-state index in [1.807, 2.05) is 16.8 Å². The second kappa shape index (κ2) is 5.49. The van der Waals surface area contributed by atoms with Gasteiger partial charge in [0, 0.05) is 12.6 Å². The third-order valence-corrected chi connectivity index (χ3v) is 3.25. The average molecular weight is 278 g/mol. The van der Waals surface area contributed by atoms with Crippen molar-refractivity contribution in [2.75, 3.05) is 5.32 Å². The zero-order valence-electron chi connectivity index (χ0n) is 9.70. The first-order valence-electron chi connectivity index (χ1n) is 5.35. The van der Waals surface area contributed by atoms with Crippen LogP contribution in [0.5, 0.6) is 0 Å². The molecule has 0 radical (unpaired) electrons. The molecule has 6 nitrogen and oxygen atoms in total. The molecule has 1 heterocycles. The summed E-state index contributed by atoms with van der Waals surface area (Å²) in [6.07, 6.45) is 0. The Morgan fingerprint density at radius 1 is 1.42 bits per heavy atom. The van der Waals surface area contributed by atoms with Crippen LogP contribution in [-0.4, -0.2) is 16.0 Å². The fourth-order valence-corrected chi connectivity index (χ4v) is 2.31. The Bertz CT molecular complexity index is 578. The normalized spacial score (nSPS) is 10.1. The summed E-state index contributed by atoms with van der Waals surface area (Å²) >= 11 is 1.51. The van der Waals surface area contributed by atoms with Gasteiger partial charge in [0.15, 0.2) is 0 Å². The van der Waals surface area contributed by atoms with Crippen LogP contribution >= 0.6 is 11.3 Å². The molecule has 0 bridgehead atoms. The molecule has 2 aromatic rings. The van der Waals surface area contributed by atoms with Crippen LogP contribution in [0.3, 0.4) is 0 Å². The highest BCUT2D eigenvalue weighted by Gasteiger charge is 2.20. The van der Waals surface area contributed by atoms with Crippen molar-refractivity contribution in [3.05, 3.63) is 56.3 Å². The van der Waals surface area contributed by atoms with Crippen molar-refractivity contribution in [2.45, 2.75) is 6.54 Å². The van der Waals surface area contributed by atoms with E-state index in [-0.39, 0.29) is 16.9 Å². The van der Waals surface area contributed by atoms with E-state index in [9.17, 15) is 14.9 Å². The molecule has 0 amide bonds. The minimum atomic E-state index is -1.20. The number of nitrogens with zero attached hydrogens (tertiary/aromatic N) is 1. The number of nitro benzene ring substituents is 1. The van der Waals surface area contributed by atoms with Crippen LogP contribution in [0.25, 0.3) is 0 Å². The highest BCUT2D eigenvalue weighted by atomic mass is 32.1. The maximum Gasteiger partial charge on any atom is 0.338 e. The van der Waals surface area contributed by atoms with Crippen molar-refractivity contribution in [1.82, 2.24) is 0 Å². The van der Waals surface area contributed by atoms with Gasteiger partial charge in [-0.25, -0.2) is 4.79 Å². The summed E-state index contributed by atoms with van der Waals surface area (Å²) in [6, 6.07) is 5.85. The number of para-hydroxylation sites is 1. The maximum atomic E-state index is 11.1. The zero-order valence-corrected chi connectivity index (χ0v) is 10.5. The van der Waals surface area contributed by atoms with Gasteiger partial charge in [0.2, 0.25) is 0 Å². The number of carboxylic acids is 1. The third-order valence-electron chi connectivity index (χ3n) is 2.52. The lowest BCUT2D eigenvalue weighted by atomic mass is 10.1. The first kappa shape index (κ1) is 13.0. The first-order valence-corrected chi connectivity index (χ1v) is 6.29. The molecule has 2 rings (SSSR count). The predicted octanol–water partition coefficient (Wildman–Crippen LogP) is 2.97. The van der Waals surface area contributed by atoms with E-state index in [1.165, 1.54) is 29.5 Å². The van der Waals surface area contributed by atoms with Crippen LogP contribution in [0.15, 0.2) is 35.0 Å². The van der Waals surface area contributed by atoms with E-state index < -0.39 is 10.9 Å². The van der Waals surface area contributed by atoms with Gasteiger partial charge in [0.05, 0.1) is 10.5 Å². The monoisotopic (exact) mass is 278 g/mol. The Kier molecular flexibility index (Phi) is 3.76. The highest BCUT2D eigenvalue weighted by Crippen LogP contribution is 2.29. The molecule has 0 aliphatic carbocycles. The number of benzene rings is 1. The summed E-state index contributed by atoms with van der Waals surface area (Å²) in [6.45, 7) is 0.342. The van der Waals surface area contributed by atoms with Crippen LogP contribution < -0.4 is 5.32 Å². The Balaban J connectivity index is 2.35. The second-order valence-electron chi connectivity index (χ2n) is 3.75. The molecule has 1 aromatic carbocycles. The Hall–Kier alpha value is -2.41. The fraction of sp³-hybridized carbons (Fsp3) is 0.0833. The third kappa shape index (κ3) is 2.89. The molecule has 98 valence electrons. The lowest BCUT2D eigenvalue weighted by Gasteiger charge is -2.09. The quantitative estimate of drug-likeness (QED) is 0.648. The van der Waals surface area contributed by atoms with Crippen molar-refractivity contribution in [3.8, 4) is 0 Å². The van der Waals surface area contributed by atoms with Crippen LogP contribution in [0.1, 0.15) is 15.9 Å². The Morgan fingerprint density at radius 3 is 2.79 bits per heavy atom. The van der Waals surface area contributed by atoms with Gasteiger partial charge in [-0.1, -0.05) is 6.07 Å². The molecule has 0 atom stereocenters. The van der Waals surface area contributed by atoms with Crippen molar-refractivity contribution in [1.29, 1.82) is 0 Å². The standard InChI is InChI=1S/C12H10N2O4S/c15-12(16)9-2-1-3-10(14(17)18)11(9)13-6-8-4-5-19-7-8/h1-5,7,13H,6H2,(H,15,16). The molecule has 0 fully saturated rings. The number of aromatic carboxylic acids is 1. The SMILES string of the molecule is O=C(O)c1cccc([N+](=O)[O-])c1NCc1ccsc1. The van der Waals surface area contributed by atoms with Gasteiger partial charge in [-0.3, -0.25) is 10.1 Å². The molecule has 0 saturated carbocycles. The van der Waals surface area contributed by atoms with Gasteiger partial charge < -0.3 is 10.4 Å². The smallest absolute Gasteiger partial charge is 0.338 e. The maximum absolute atomic E-state index is 11.1. The summed E-state index contributed by atoms with van der Waals surface area (Å²) in [4.78, 5) is 21.4. The first-order chi connectivity index (χ1) is 9.09. The van der Waals surface area contributed by atoms with Crippen molar-refractivity contribution in [2.24, 2.45) is 0 Å². The molecule has 7 heteroatoms. The summed E-state index contributed by atoms with van der Waals surface area (Å²) in [5.41, 5.74) is 0.630. The summed E-state index contributed by atoms with van der Waals surface area (Å²) < 4.78 is 0. The molecule has 0 unspecified atom stereocenters. The van der Waals surface area contributed by atoms with E-state index in [4.69, 9.17) is 5.11 Å². The Labute approximate surface area is 112 Å². The average Bonchev–Trinajstić information content (AvgIpc) is 2.88. The number of nitrogens with one attached hydrogen (secondary N) is 1. The fourth-order valence-electron chi connectivity index (χ4n) is 1.64. The molecule has 1 aromatic heterocycles. The van der Waals surface area contributed by atoms with E-state index in [1.54, 1.807) is 0 Å². The van der Waals surface area contributed by atoms with E-state index in [0.717, 1.165) is 5.56 Å². The predicted molar refractivity (Wildman–Crippen MR) is 71.7 cm³/mol. The van der Waals surface area contributed by atoms with Crippen LogP contribution in [-0.2, 0) is 6.54 Å². The molecular weight excluding hydrogens is 268 g/mol. The molecule has 2 N–H and O–H groups in total. The lowest BCUT2D eigenvalue weighted by Crippen LogP contribution is -2.08. The largest absolute Gasteiger partial charge is 0.478 e. The highest BCUT2D eigenvalue weighted by molar-refractivity contribution is 7.07. The number of anilines is 1. The number of carboxylic acid groups (broad SMARTS) is 1. The topological polar surface area (TPSA) is 92.5 Å². The number of hydrogen-bond donors (Lipinski definition) is 2. The van der Waals surface area contributed by atoms with E-state index in [2.05, 4.69) is 5.32 Å². The number of thiophene rings is 1. The summed E-state index contributed by atoms with van der Waals surface area (Å²) in [5.74, 6) is -1.20. The second-order valence-corrected chi connectivity index (χ2v) is 4.53. The molecule has 0 aliphatic heterocycles. The molecule has 0 aliphatic rings. The lowest BCUT2D eigenvalue weighted by molar-refractivity contribution is -0.384. The van der Waals surface area contributed by atoms with E-state index >= 15 is 0 Å². The van der Waals surface area contributed by atoms with Crippen LogP contribution in [0, 0.1) is 10.1 Å². The summed E-state index contributed by atoms with van der Waals surface area (Å²) in [5, 5.41) is 26.6. The summed E-state index contributed by atoms with van der Waals surface area (Å²) in [7, 11) is 0. The number of nitro groups is 1. The number of hydrogen-bond acceptors (Lipinski definition) is 5. The van der Waals surface area contributed by atoms with Gasteiger partial charge in [0.25, 0.3) is 5.69 Å². The minimum Gasteiger partial charge on any atom is -0.478 e. The van der Waals surface area contributed by atoms with Gasteiger partial charge in [-0.15, -0.1) is 0 Å². The Morgan fingerprint density at radius 2 is 2.21 bits per heavy atom. The van der Waals surface area contributed by atoms with Crippen molar-refractivity contribution >= 4 is 28.7 Å². The van der Waals surface area contributed by atoms with Gasteiger partial charge >= 0.3 is 5.97 Å². The van der Waals surface area contributed by atoms with Crippen LogP contribution in [0.4, 0.5) is 11.4 Å². The molecule has 0 spiro atoms. The van der Waals surface area contributed by atoms with Gasteiger partial charge in [-0.05, 0) is 28.5 Å². The van der Waals surface area contributed by atoms with E-state index in [0.29, 0.717) is 6.54 Å². The van der Waals surface area contributed by atoms with Crippen molar-refractivity contribution in [3.63, 3.8) is 0 Å². The van der Waals surface area contributed by atoms with Crippen LogP contribution in [0.2, 0.25) is 0 Å². The number of rotatable bonds is 5. The molecular formula is C12H10N2O4S. The number of carbonyl (C=O) groups is 1.